The molecule has 1 aliphatic heterocycles. The van der Waals surface area contributed by atoms with E-state index >= 15 is 0 Å². The molecule has 114 valence electrons. The Balaban J connectivity index is 2.01. The molecule has 0 aromatic heterocycles. The van der Waals surface area contributed by atoms with E-state index < -0.39 is 6.03 Å². The Kier molecular flexibility index (Phi) is 4.80. The molecule has 2 rings (SSSR count). The molecule has 3 amide bonds. The third-order valence-electron chi connectivity index (χ3n) is 3.84. The Morgan fingerprint density at radius 3 is 2.90 bits per heavy atom. The van der Waals surface area contributed by atoms with E-state index in [1.165, 1.54) is 5.56 Å². The molecule has 1 unspecified atom stereocenters. The summed E-state index contributed by atoms with van der Waals surface area (Å²) in [7, 11) is 0. The van der Waals surface area contributed by atoms with Crippen LogP contribution >= 0.6 is 0 Å². The molecule has 1 aromatic rings. The third kappa shape index (κ3) is 3.52. The van der Waals surface area contributed by atoms with Gasteiger partial charge in [0.05, 0.1) is 6.04 Å². The fourth-order valence-electron chi connectivity index (χ4n) is 2.55. The summed E-state index contributed by atoms with van der Waals surface area (Å²) < 4.78 is 0. The number of imide groups is 1. The molecule has 6 nitrogen and oxygen atoms in total. The zero-order chi connectivity index (χ0) is 15.4. The third-order valence-corrected chi connectivity index (χ3v) is 3.84. The number of nitrogens with one attached hydrogen (secondary N) is 2. The number of benzene rings is 1. The van der Waals surface area contributed by atoms with Crippen molar-refractivity contribution in [3.8, 4) is 0 Å². The number of urea groups is 1. The number of rotatable bonds is 3. The maximum Gasteiger partial charge on any atom is 0.321 e. The Bertz CT molecular complexity index is 544. The smallest absolute Gasteiger partial charge is 0.321 e. The highest BCUT2D eigenvalue weighted by Crippen LogP contribution is 2.25. The van der Waals surface area contributed by atoms with E-state index in [-0.39, 0.29) is 11.9 Å². The van der Waals surface area contributed by atoms with E-state index in [1.807, 2.05) is 17.0 Å². The SMILES string of the molecule is CCNC(=O)NC(=O)C(C)N1CCc2cccc(N)c2C1. The molecular weight excluding hydrogens is 268 g/mol. The summed E-state index contributed by atoms with van der Waals surface area (Å²) in [5.41, 5.74) is 9.09. The second-order valence-corrected chi connectivity index (χ2v) is 5.23. The molecule has 6 heteroatoms. The van der Waals surface area contributed by atoms with Crippen molar-refractivity contribution >= 4 is 17.6 Å². The van der Waals surface area contributed by atoms with Gasteiger partial charge >= 0.3 is 6.03 Å². The number of amides is 3. The Labute approximate surface area is 124 Å². The number of nitrogens with zero attached hydrogens (tertiary/aromatic N) is 1. The second-order valence-electron chi connectivity index (χ2n) is 5.23. The molecule has 0 spiro atoms. The zero-order valence-electron chi connectivity index (χ0n) is 12.5. The standard InChI is InChI=1S/C15H22N4O2/c1-3-17-15(21)18-14(20)10(2)19-8-7-11-5-4-6-13(16)12(11)9-19/h4-6,10H,3,7-9,16H2,1-2H3,(H2,17,18,20,21). The average molecular weight is 290 g/mol. The first-order valence-electron chi connectivity index (χ1n) is 7.22. The Morgan fingerprint density at radius 1 is 1.43 bits per heavy atom. The molecule has 4 N–H and O–H groups in total. The maximum absolute atomic E-state index is 12.1. The van der Waals surface area contributed by atoms with E-state index in [0.717, 1.165) is 24.2 Å². The fourth-order valence-corrected chi connectivity index (χ4v) is 2.55. The van der Waals surface area contributed by atoms with Crippen LogP contribution in [0.2, 0.25) is 0 Å². The lowest BCUT2D eigenvalue weighted by Crippen LogP contribution is -2.50. The Morgan fingerprint density at radius 2 is 2.19 bits per heavy atom. The lowest BCUT2D eigenvalue weighted by atomic mass is 9.97. The van der Waals surface area contributed by atoms with E-state index in [0.29, 0.717) is 13.1 Å². The predicted octanol–water partition coefficient (Wildman–Crippen LogP) is 0.861. The summed E-state index contributed by atoms with van der Waals surface area (Å²) in [6.45, 7) is 5.50. The molecule has 0 radical (unpaired) electrons. The second kappa shape index (κ2) is 6.58. The summed E-state index contributed by atoms with van der Waals surface area (Å²) in [4.78, 5) is 25.5. The predicted molar refractivity (Wildman–Crippen MR) is 81.6 cm³/mol. The van der Waals surface area contributed by atoms with Crippen LogP contribution in [0, 0.1) is 0 Å². The van der Waals surface area contributed by atoms with Gasteiger partial charge in [-0.05, 0) is 37.5 Å². The van der Waals surface area contributed by atoms with Crippen LogP contribution < -0.4 is 16.4 Å². The number of nitrogens with two attached hydrogens (primary N) is 1. The lowest BCUT2D eigenvalue weighted by Gasteiger charge is -2.33. The largest absolute Gasteiger partial charge is 0.398 e. The summed E-state index contributed by atoms with van der Waals surface area (Å²) >= 11 is 0. The number of nitrogen functional groups attached to an aromatic ring is 1. The maximum atomic E-state index is 12.1. The van der Waals surface area contributed by atoms with E-state index in [2.05, 4.69) is 16.7 Å². The number of anilines is 1. The van der Waals surface area contributed by atoms with Crippen molar-refractivity contribution in [2.75, 3.05) is 18.8 Å². The number of hydrogen-bond donors (Lipinski definition) is 3. The van der Waals surface area contributed by atoms with Crippen molar-refractivity contribution in [2.24, 2.45) is 0 Å². The lowest BCUT2D eigenvalue weighted by molar-refractivity contribution is -0.125. The first kappa shape index (κ1) is 15.3. The minimum Gasteiger partial charge on any atom is -0.398 e. The van der Waals surface area contributed by atoms with Gasteiger partial charge in [0.25, 0.3) is 0 Å². The zero-order valence-corrected chi connectivity index (χ0v) is 12.5. The highest BCUT2D eigenvalue weighted by Gasteiger charge is 2.27. The number of hydrogen-bond acceptors (Lipinski definition) is 4. The molecule has 0 aliphatic carbocycles. The van der Waals surface area contributed by atoms with Crippen LogP contribution in [0.25, 0.3) is 0 Å². The van der Waals surface area contributed by atoms with Crippen LogP contribution in [0.5, 0.6) is 0 Å². The quantitative estimate of drug-likeness (QED) is 0.721. The van der Waals surface area contributed by atoms with Gasteiger partial charge in [0, 0.05) is 25.3 Å². The van der Waals surface area contributed by atoms with Crippen LogP contribution in [0.15, 0.2) is 18.2 Å². The van der Waals surface area contributed by atoms with Crippen molar-refractivity contribution in [1.82, 2.24) is 15.5 Å². The number of carbonyl (C=O) groups is 2. The fraction of sp³-hybridized carbons (Fsp3) is 0.467. The monoisotopic (exact) mass is 290 g/mol. The molecule has 21 heavy (non-hydrogen) atoms. The average Bonchev–Trinajstić information content (AvgIpc) is 2.46. The highest BCUT2D eigenvalue weighted by molar-refractivity contribution is 5.96. The van der Waals surface area contributed by atoms with Crippen LogP contribution in [0.3, 0.4) is 0 Å². The molecule has 1 heterocycles. The summed E-state index contributed by atoms with van der Waals surface area (Å²) in [5, 5.41) is 4.90. The van der Waals surface area contributed by atoms with Crippen molar-refractivity contribution < 1.29 is 9.59 Å². The van der Waals surface area contributed by atoms with Gasteiger partial charge in [-0.1, -0.05) is 12.1 Å². The molecule has 0 bridgehead atoms. The topological polar surface area (TPSA) is 87.5 Å². The van der Waals surface area contributed by atoms with Gasteiger partial charge in [-0.15, -0.1) is 0 Å². The van der Waals surface area contributed by atoms with Crippen molar-refractivity contribution in [2.45, 2.75) is 32.9 Å². The molecule has 1 aliphatic rings. The van der Waals surface area contributed by atoms with Crippen LogP contribution in [0.4, 0.5) is 10.5 Å². The molecular formula is C15H22N4O2. The minimum absolute atomic E-state index is 0.293. The van der Waals surface area contributed by atoms with Gasteiger partial charge in [0.15, 0.2) is 0 Å². The van der Waals surface area contributed by atoms with Gasteiger partial charge in [-0.2, -0.15) is 0 Å². The van der Waals surface area contributed by atoms with Crippen molar-refractivity contribution in [3.05, 3.63) is 29.3 Å². The molecule has 0 fully saturated rings. The number of fused-ring (bicyclic) bond motifs is 1. The number of carbonyl (C=O) groups excluding carboxylic acids is 2. The summed E-state index contributed by atoms with van der Waals surface area (Å²) in [6.07, 6.45) is 0.860. The van der Waals surface area contributed by atoms with Gasteiger partial charge in [0.2, 0.25) is 5.91 Å². The first-order chi connectivity index (χ1) is 10.0. The van der Waals surface area contributed by atoms with Crippen LogP contribution in [-0.4, -0.2) is 36.0 Å². The molecule has 0 saturated heterocycles. The van der Waals surface area contributed by atoms with E-state index in [4.69, 9.17) is 5.73 Å². The summed E-state index contributed by atoms with van der Waals surface area (Å²) in [5.74, 6) is -0.293. The minimum atomic E-state index is -0.453. The van der Waals surface area contributed by atoms with Gasteiger partial charge in [0.1, 0.15) is 0 Å². The Hall–Kier alpha value is -2.08. The highest BCUT2D eigenvalue weighted by atomic mass is 16.2. The van der Waals surface area contributed by atoms with Crippen molar-refractivity contribution in [1.29, 1.82) is 0 Å². The molecule has 0 saturated carbocycles. The summed E-state index contributed by atoms with van der Waals surface area (Å²) in [6, 6.07) is 5.07. The van der Waals surface area contributed by atoms with Gasteiger partial charge in [-0.3, -0.25) is 15.0 Å². The van der Waals surface area contributed by atoms with Crippen LogP contribution in [-0.2, 0) is 17.8 Å². The van der Waals surface area contributed by atoms with E-state index in [9.17, 15) is 9.59 Å². The van der Waals surface area contributed by atoms with Gasteiger partial charge < -0.3 is 11.1 Å². The van der Waals surface area contributed by atoms with Crippen molar-refractivity contribution in [3.63, 3.8) is 0 Å². The first-order valence-corrected chi connectivity index (χ1v) is 7.22. The molecule has 1 aromatic carbocycles. The van der Waals surface area contributed by atoms with Gasteiger partial charge in [-0.25, -0.2) is 4.79 Å². The molecule has 1 atom stereocenters. The van der Waals surface area contributed by atoms with E-state index in [1.54, 1.807) is 13.8 Å². The normalized spacial score (nSPS) is 15.9. The van der Waals surface area contributed by atoms with Crippen LogP contribution in [0.1, 0.15) is 25.0 Å².